The first-order valence-electron chi connectivity index (χ1n) is 19.1. The number of aryl methyl sites for hydroxylation is 6. The SMILES string of the molecule is CCn1nc(C)cc1C(=O)/N=c1\n(C)c2ccccc2n1C/C=C/Cn1/c(=N/C(=O)c2cc(C)nn2CC)n(C)c2cccc(CN3CCCCCC3)c21. The number of fused-ring (bicyclic) bond motifs is 2. The highest BCUT2D eigenvalue weighted by Crippen LogP contribution is 2.22. The van der Waals surface area contributed by atoms with E-state index in [2.05, 4.69) is 59.6 Å². The van der Waals surface area contributed by atoms with E-state index in [1.165, 1.54) is 31.2 Å². The molecule has 0 radical (unpaired) electrons. The van der Waals surface area contributed by atoms with Crippen LogP contribution in [-0.4, -0.2) is 67.6 Å². The molecular weight excluding hydrogens is 679 g/mol. The Kier molecular flexibility index (Phi) is 10.8. The molecule has 1 saturated heterocycles. The van der Waals surface area contributed by atoms with Gasteiger partial charge in [-0.15, -0.1) is 0 Å². The molecule has 0 unspecified atom stereocenters. The number of amides is 2. The summed E-state index contributed by atoms with van der Waals surface area (Å²) >= 11 is 0. The van der Waals surface area contributed by atoms with Crippen LogP contribution in [0, 0.1) is 13.8 Å². The van der Waals surface area contributed by atoms with Crippen LogP contribution < -0.4 is 11.2 Å². The van der Waals surface area contributed by atoms with E-state index in [1.54, 1.807) is 21.5 Å². The Morgan fingerprint density at radius 2 is 1.20 bits per heavy atom. The van der Waals surface area contributed by atoms with E-state index < -0.39 is 0 Å². The van der Waals surface area contributed by atoms with E-state index >= 15 is 0 Å². The number of hydrogen-bond acceptors (Lipinski definition) is 5. The molecule has 4 aromatic heterocycles. The van der Waals surface area contributed by atoms with Crippen molar-refractivity contribution < 1.29 is 9.59 Å². The summed E-state index contributed by atoms with van der Waals surface area (Å²) in [5.74, 6) is -0.656. The van der Waals surface area contributed by atoms with Gasteiger partial charge in [0.15, 0.2) is 0 Å². The highest BCUT2D eigenvalue weighted by molar-refractivity contribution is 5.94. The lowest BCUT2D eigenvalue weighted by Gasteiger charge is -2.20. The number of benzene rings is 2. The second kappa shape index (κ2) is 15.8. The van der Waals surface area contributed by atoms with E-state index in [-0.39, 0.29) is 11.8 Å². The van der Waals surface area contributed by atoms with Gasteiger partial charge in [0.05, 0.1) is 33.5 Å². The fourth-order valence-corrected chi connectivity index (χ4v) is 7.78. The summed E-state index contributed by atoms with van der Waals surface area (Å²) < 4.78 is 11.6. The lowest BCUT2D eigenvalue weighted by molar-refractivity contribution is 0.0977. The van der Waals surface area contributed by atoms with Gasteiger partial charge in [-0.2, -0.15) is 20.2 Å². The second-order valence-corrected chi connectivity index (χ2v) is 14.2. The number of rotatable bonds is 10. The molecule has 2 amide bonds. The van der Waals surface area contributed by atoms with E-state index in [1.807, 2.05) is 75.2 Å². The van der Waals surface area contributed by atoms with Crippen molar-refractivity contribution >= 4 is 33.9 Å². The molecule has 282 valence electrons. The minimum Gasteiger partial charge on any atom is -0.313 e. The average molecular weight is 730 g/mol. The first-order chi connectivity index (χ1) is 26.2. The lowest BCUT2D eigenvalue weighted by Crippen LogP contribution is -2.27. The van der Waals surface area contributed by atoms with Crippen LogP contribution in [0.3, 0.4) is 0 Å². The van der Waals surface area contributed by atoms with Crippen molar-refractivity contribution in [3.05, 3.63) is 106 Å². The van der Waals surface area contributed by atoms with Crippen LogP contribution in [0.5, 0.6) is 0 Å². The summed E-state index contributed by atoms with van der Waals surface area (Å²) in [6, 6.07) is 18.1. The molecule has 0 aliphatic carbocycles. The first-order valence-corrected chi connectivity index (χ1v) is 19.1. The smallest absolute Gasteiger partial charge is 0.298 e. The number of para-hydroxylation sites is 3. The van der Waals surface area contributed by atoms with E-state index in [0.717, 1.165) is 53.1 Å². The summed E-state index contributed by atoms with van der Waals surface area (Å²) in [6.45, 7) is 12.8. The molecule has 2 aromatic carbocycles. The Bertz CT molecular complexity index is 2500. The van der Waals surface area contributed by atoms with Gasteiger partial charge < -0.3 is 18.3 Å². The van der Waals surface area contributed by atoms with Gasteiger partial charge in [0, 0.05) is 46.8 Å². The monoisotopic (exact) mass is 729 g/mol. The molecule has 0 saturated carbocycles. The molecule has 6 aromatic rings. The van der Waals surface area contributed by atoms with Crippen molar-refractivity contribution in [1.82, 2.24) is 42.7 Å². The Labute approximate surface area is 315 Å². The average Bonchev–Trinajstić information content (AvgIpc) is 3.83. The molecule has 1 fully saturated rings. The van der Waals surface area contributed by atoms with Crippen LogP contribution in [0.4, 0.5) is 0 Å². The predicted molar refractivity (Wildman–Crippen MR) is 210 cm³/mol. The highest BCUT2D eigenvalue weighted by atomic mass is 16.2. The zero-order valence-electron chi connectivity index (χ0n) is 32.4. The molecule has 13 heteroatoms. The molecule has 1 aliphatic rings. The Balaban J connectivity index is 1.29. The van der Waals surface area contributed by atoms with E-state index in [4.69, 9.17) is 4.99 Å². The number of aromatic nitrogens is 8. The second-order valence-electron chi connectivity index (χ2n) is 14.2. The molecule has 0 bridgehead atoms. The van der Waals surface area contributed by atoms with Gasteiger partial charge in [0.25, 0.3) is 11.8 Å². The van der Waals surface area contributed by atoms with Crippen molar-refractivity contribution in [2.24, 2.45) is 24.1 Å². The summed E-state index contributed by atoms with van der Waals surface area (Å²) in [5, 5.41) is 8.96. The zero-order valence-corrected chi connectivity index (χ0v) is 32.4. The molecule has 0 atom stereocenters. The number of carbonyl (C=O) groups is 2. The third kappa shape index (κ3) is 7.20. The fourth-order valence-electron chi connectivity index (χ4n) is 7.78. The molecule has 5 heterocycles. The van der Waals surface area contributed by atoms with Gasteiger partial charge in [0.1, 0.15) is 11.4 Å². The molecule has 1 aliphatic heterocycles. The van der Waals surface area contributed by atoms with Crippen LogP contribution in [0.2, 0.25) is 0 Å². The third-order valence-corrected chi connectivity index (χ3v) is 10.4. The molecule has 7 rings (SSSR count). The Morgan fingerprint density at radius 1 is 0.685 bits per heavy atom. The molecule has 13 nitrogen and oxygen atoms in total. The normalized spacial score (nSPS) is 15.0. The number of likely N-dealkylation sites (tertiary alicyclic amines) is 1. The number of hydrogen-bond donors (Lipinski definition) is 0. The number of imidazole rings is 2. The number of nitrogens with zero attached hydrogens (tertiary/aromatic N) is 11. The lowest BCUT2D eigenvalue weighted by atomic mass is 10.1. The van der Waals surface area contributed by atoms with Gasteiger partial charge in [0.2, 0.25) is 11.2 Å². The Morgan fingerprint density at radius 3 is 1.80 bits per heavy atom. The number of carbonyl (C=O) groups excluding carboxylic acids is 2. The zero-order chi connectivity index (χ0) is 37.9. The van der Waals surface area contributed by atoms with Gasteiger partial charge in [-0.3, -0.25) is 23.9 Å². The van der Waals surface area contributed by atoms with Crippen molar-refractivity contribution in [2.75, 3.05) is 13.1 Å². The maximum Gasteiger partial charge on any atom is 0.298 e. The largest absolute Gasteiger partial charge is 0.313 e. The van der Waals surface area contributed by atoms with E-state index in [0.29, 0.717) is 48.8 Å². The van der Waals surface area contributed by atoms with Gasteiger partial charge in [-0.05, 0) is 89.5 Å². The minimum absolute atomic E-state index is 0.322. The highest BCUT2D eigenvalue weighted by Gasteiger charge is 2.19. The maximum absolute atomic E-state index is 13.8. The van der Waals surface area contributed by atoms with Crippen LogP contribution in [-0.2, 0) is 46.8 Å². The van der Waals surface area contributed by atoms with Crippen molar-refractivity contribution in [1.29, 1.82) is 0 Å². The van der Waals surface area contributed by atoms with Crippen LogP contribution in [0.15, 0.2) is 76.7 Å². The topological polar surface area (TPSA) is 117 Å². The summed E-state index contributed by atoms with van der Waals surface area (Å²) in [4.78, 5) is 39.4. The quantitative estimate of drug-likeness (QED) is 0.174. The minimum atomic E-state index is -0.333. The van der Waals surface area contributed by atoms with Crippen molar-refractivity contribution in [3.63, 3.8) is 0 Å². The maximum atomic E-state index is 13.8. The summed E-state index contributed by atoms with van der Waals surface area (Å²) in [6.07, 6.45) is 9.18. The van der Waals surface area contributed by atoms with E-state index in [9.17, 15) is 9.59 Å². The molecule has 54 heavy (non-hydrogen) atoms. The predicted octanol–water partition coefficient (Wildman–Crippen LogP) is 5.44. The van der Waals surface area contributed by atoms with Crippen molar-refractivity contribution in [3.8, 4) is 0 Å². The van der Waals surface area contributed by atoms with Crippen LogP contribution in [0.1, 0.15) is 77.5 Å². The summed E-state index contributed by atoms with van der Waals surface area (Å²) in [7, 11) is 3.92. The Hall–Kier alpha value is -5.56. The first kappa shape index (κ1) is 36.8. The summed E-state index contributed by atoms with van der Waals surface area (Å²) in [5.41, 5.74) is 8.88. The fraction of sp³-hybridized carbons (Fsp3) is 0.415. The van der Waals surface area contributed by atoms with Crippen molar-refractivity contribution in [2.45, 2.75) is 86.1 Å². The number of allylic oxidation sites excluding steroid dienone is 2. The third-order valence-electron chi connectivity index (χ3n) is 10.4. The molecular formula is C41H51N11O2. The van der Waals surface area contributed by atoms with Gasteiger partial charge >= 0.3 is 0 Å². The van der Waals surface area contributed by atoms with Crippen LogP contribution in [0.25, 0.3) is 22.1 Å². The standard InChI is InChI=1S/C41H51N11O2/c1-7-51-35(26-29(3)44-51)38(53)42-40-46(5)32-19-11-12-20-33(32)49(40)24-15-16-25-50-37-31(28-48-22-13-9-10-14-23-48)18-17-21-34(37)47(6)41(50)43-39(54)36-27-30(4)45-52(36)8-2/h11-12,15-21,26-27H,7-10,13-14,22-25,28H2,1-6H3/b16-15+,42-40+,43-41+. The molecule has 0 N–H and O–H groups in total. The van der Waals surface area contributed by atoms with Crippen LogP contribution >= 0.6 is 0 Å². The van der Waals surface area contributed by atoms with Gasteiger partial charge in [-0.25, -0.2) is 0 Å². The van der Waals surface area contributed by atoms with Gasteiger partial charge in [-0.1, -0.05) is 49.3 Å². The molecule has 0 spiro atoms.